The fourth-order valence-electron chi connectivity index (χ4n) is 1.14. The number of nitrogens with two attached hydrogens (primary N) is 1. The first-order chi connectivity index (χ1) is 6.11. The van der Waals surface area contributed by atoms with Gasteiger partial charge in [0.25, 0.3) is 0 Å². The van der Waals surface area contributed by atoms with Crippen LogP contribution in [0.4, 0.5) is 4.39 Å². The zero-order valence-corrected chi connectivity index (χ0v) is 9.71. The molecule has 13 heavy (non-hydrogen) atoms. The summed E-state index contributed by atoms with van der Waals surface area (Å²) >= 11 is 2.15. The number of hydrogen-bond donors (Lipinski definition) is 1. The SMILES string of the molecule is CC(N)CCc1c(F)cccc1I. The maximum absolute atomic E-state index is 13.3. The van der Waals surface area contributed by atoms with E-state index < -0.39 is 0 Å². The summed E-state index contributed by atoms with van der Waals surface area (Å²) in [6, 6.07) is 5.28. The Balaban J connectivity index is 2.75. The summed E-state index contributed by atoms with van der Waals surface area (Å²) in [7, 11) is 0. The minimum Gasteiger partial charge on any atom is -0.328 e. The lowest BCUT2D eigenvalue weighted by Crippen LogP contribution is -2.16. The van der Waals surface area contributed by atoms with Gasteiger partial charge >= 0.3 is 0 Å². The molecule has 0 aliphatic rings. The Morgan fingerprint density at radius 2 is 2.23 bits per heavy atom. The predicted molar refractivity (Wildman–Crippen MR) is 61.1 cm³/mol. The van der Waals surface area contributed by atoms with Gasteiger partial charge in [-0.1, -0.05) is 6.07 Å². The van der Waals surface area contributed by atoms with Crippen molar-refractivity contribution in [3.05, 3.63) is 33.1 Å². The van der Waals surface area contributed by atoms with Crippen LogP contribution in [0.5, 0.6) is 0 Å². The average Bonchev–Trinajstić information content (AvgIpc) is 2.03. The topological polar surface area (TPSA) is 26.0 Å². The Kier molecular flexibility index (Phi) is 4.12. The fraction of sp³-hybridized carbons (Fsp3) is 0.400. The third-order valence-electron chi connectivity index (χ3n) is 1.91. The van der Waals surface area contributed by atoms with Crippen molar-refractivity contribution >= 4 is 22.6 Å². The molecule has 1 rings (SSSR count). The van der Waals surface area contributed by atoms with Crippen molar-refractivity contribution in [3.63, 3.8) is 0 Å². The lowest BCUT2D eigenvalue weighted by molar-refractivity contribution is 0.588. The molecule has 0 aliphatic heterocycles. The van der Waals surface area contributed by atoms with Crippen molar-refractivity contribution in [1.29, 1.82) is 0 Å². The molecule has 2 N–H and O–H groups in total. The van der Waals surface area contributed by atoms with Crippen molar-refractivity contribution in [3.8, 4) is 0 Å². The molecule has 1 nitrogen and oxygen atoms in total. The second-order valence-electron chi connectivity index (χ2n) is 3.22. The van der Waals surface area contributed by atoms with Gasteiger partial charge in [0.15, 0.2) is 0 Å². The number of hydrogen-bond acceptors (Lipinski definition) is 1. The highest BCUT2D eigenvalue weighted by Gasteiger charge is 2.06. The first-order valence-electron chi connectivity index (χ1n) is 4.29. The molecule has 0 bridgehead atoms. The molecule has 0 spiro atoms. The summed E-state index contributed by atoms with van der Waals surface area (Å²) in [4.78, 5) is 0. The van der Waals surface area contributed by atoms with Crippen LogP contribution in [0, 0.1) is 9.39 Å². The van der Waals surface area contributed by atoms with Crippen molar-refractivity contribution < 1.29 is 4.39 Å². The van der Waals surface area contributed by atoms with E-state index in [1.807, 2.05) is 13.0 Å². The lowest BCUT2D eigenvalue weighted by atomic mass is 10.1. The van der Waals surface area contributed by atoms with Crippen molar-refractivity contribution in [2.24, 2.45) is 5.73 Å². The number of rotatable bonds is 3. The van der Waals surface area contributed by atoms with Gasteiger partial charge in [0, 0.05) is 15.2 Å². The van der Waals surface area contributed by atoms with Crippen molar-refractivity contribution in [1.82, 2.24) is 0 Å². The van der Waals surface area contributed by atoms with Crippen LogP contribution in [0.25, 0.3) is 0 Å². The molecular formula is C10H13FIN. The van der Waals surface area contributed by atoms with Gasteiger partial charge in [0.05, 0.1) is 0 Å². The molecular weight excluding hydrogens is 280 g/mol. The van der Waals surface area contributed by atoms with Crippen LogP contribution in [0.2, 0.25) is 0 Å². The normalized spacial score (nSPS) is 12.9. The van der Waals surface area contributed by atoms with Gasteiger partial charge in [0.2, 0.25) is 0 Å². The molecule has 3 heteroatoms. The van der Waals surface area contributed by atoms with Crippen molar-refractivity contribution in [2.45, 2.75) is 25.8 Å². The third-order valence-corrected chi connectivity index (χ3v) is 2.92. The molecule has 1 atom stereocenters. The van der Waals surface area contributed by atoms with Crippen LogP contribution in [-0.2, 0) is 6.42 Å². The van der Waals surface area contributed by atoms with Crippen molar-refractivity contribution in [2.75, 3.05) is 0 Å². The standard InChI is InChI=1S/C10H13FIN/c1-7(13)5-6-8-9(11)3-2-4-10(8)12/h2-4,7H,5-6,13H2,1H3. The van der Waals surface area contributed by atoms with E-state index in [4.69, 9.17) is 5.73 Å². The zero-order chi connectivity index (χ0) is 9.84. The lowest BCUT2D eigenvalue weighted by Gasteiger charge is -2.07. The minimum atomic E-state index is -0.118. The molecule has 0 radical (unpaired) electrons. The second kappa shape index (κ2) is 4.91. The van der Waals surface area contributed by atoms with Crippen LogP contribution in [0.3, 0.4) is 0 Å². The summed E-state index contributed by atoms with van der Waals surface area (Å²) in [6.07, 6.45) is 1.56. The highest BCUT2D eigenvalue weighted by molar-refractivity contribution is 14.1. The summed E-state index contributed by atoms with van der Waals surface area (Å²) in [6.45, 7) is 1.94. The zero-order valence-electron chi connectivity index (χ0n) is 7.56. The van der Waals surface area contributed by atoms with E-state index in [9.17, 15) is 4.39 Å². The fourth-order valence-corrected chi connectivity index (χ4v) is 1.88. The average molecular weight is 293 g/mol. The molecule has 0 saturated heterocycles. The summed E-state index contributed by atoms with van der Waals surface area (Å²) in [5.74, 6) is -0.118. The summed E-state index contributed by atoms with van der Waals surface area (Å²) in [5.41, 5.74) is 6.41. The van der Waals surface area contributed by atoms with Crippen LogP contribution in [-0.4, -0.2) is 6.04 Å². The van der Waals surface area contributed by atoms with Gasteiger partial charge < -0.3 is 5.73 Å². The maximum atomic E-state index is 13.3. The molecule has 0 aromatic heterocycles. The summed E-state index contributed by atoms with van der Waals surface area (Å²) in [5, 5.41) is 0. The molecule has 0 amide bonds. The largest absolute Gasteiger partial charge is 0.328 e. The third kappa shape index (κ3) is 3.23. The predicted octanol–water partition coefficient (Wildman–Crippen LogP) is 2.71. The molecule has 0 heterocycles. The molecule has 0 aliphatic carbocycles. The van der Waals surface area contributed by atoms with E-state index in [-0.39, 0.29) is 11.9 Å². The molecule has 1 aromatic carbocycles. The Morgan fingerprint density at radius 1 is 1.54 bits per heavy atom. The quantitative estimate of drug-likeness (QED) is 0.852. The highest BCUT2D eigenvalue weighted by atomic mass is 127. The smallest absolute Gasteiger partial charge is 0.127 e. The molecule has 1 aromatic rings. The Bertz CT molecular complexity index is 266. The van der Waals surface area contributed by atoms with Gasteiger partial charge in [-0.3, -0.25) is 0 Å². The van der Waals surface area contributed by atoms with E-state index in [0.717, 1.165) is 22.0 Å². The molecule has 0 fully saturated rings. The molecule has 1 unspecified atom stereocenters. The van der Waals surface area contributed by atoms with Crippen LogP contribution in [0.1, 0.15) is 18.9 Å². The second-order valence-corrected chi connectivity index (χ2v) is 4.38. The Hall–Kier alpha value is -0.160. The monoisotopic (exact) mass is 293 g/mol. The van der Waals surface area contributed by atoms with Gasteiger partial charge in [-0.2, -0.15) is 0 Å². The number of benzene rings is 1. The van der Waals surface area contributed by atoms with Gasteiger partial charge in [-0.15, -0.1) is 0 Å². The minimum absolute atomic E-state index is 0.118. The van der Waals surface area contributed by atoms with E-state index >= 15 is 0 Å². The molecule has 72 valence electrons. The van der Waals surface area contributed by atoms with Crippen LogP contribution >= 0.6 is 22.6 Å². The first-order valence-corrected chi connectivity index (χ1v) is 5.37. The Morgan fingerprint density at radius 3 is 2.77 bits per heavy atom. The summed E-state index contributed by atoms with van der Waals surface area (Å²) < 4.78 is 14.2. The van der Waals surface area contributed by atoms with E-state index in [1.165, 1.54) is 6.07 Å². The van der Waals surface area contributed by atoms with Crippen LogP contribution < -0.4 is 5.73 Å². The number of halogens is 2. The van der Waals surface area contributed by atoms with E-state index in [1.54, 1.807) is 6.07 Å². The Labute approximate surface area is 91.7 Å². The van der Waals surface area contributed by atoms with Gasteiger partial charge in [-0.05, 0) is 54.5 Å². The van der Waals surface area contributed by atoms with Gasteiger partial charge in [0.1, 0.15) is 5.82 Å². The van der Waals surface area contributed by atoms with Crippen LogP contribution in [0.15, 0.2) is 18.2 Å². The molecule has 0 saturated carbocycles. The van der Waals surface area contributed by atoms with E-state index in [2.05, 4.69) is 22.6 Å². The van der Waals surface area contributed by atoms with Gasteiger partial charge in [-0.25, -0.2) is 4.39 Å². The maximum Gasteiger partial charge on any atom is 0.127 e. The first kappa shape index (κ1) is 10.9. The van der Waals surface area contributed by atoms with E-state index in [0.29, 0.717) is 0 Å². The highest BCUT2D eigenvalue weighted by Crippen LogP contribution is 2.17.